The Morgan fingerprint density at radius 3 is 2.63 bits per heavy atom. The van der Waals surface area contributed by atoms with Crippen LogP contribution in [0, 0.1) is 6.92 Å². The molecule has 0 radical (unpaired) electrons. The number of para-hydroxylation sites is 1. The molecule has 0 aliphatic carbocycles. The molecule has 1 saturated heterocycles. The lowest BCUT2D eigenvalue weighted by Crippen LogP contribution is -2.49. The van der Waals surface area contributed by atoms with Crippen molar-refractivity contribution in [3.63, 3.8) is 0 Å². The van der Waals surface area contributed by atoms with Crippen LogP contribution in [-0.4, -0.2) is 55.1 Å². The average Bonchev–Trinajstić information content (AvgIpc) is 2.77. The summed E-state index contributed by atoms with van der Waals surface area (Å²) in [5.41, 5.74) is 9.97. The summed E-state index contributed by atoms with van der Waals surface area (Å²) >= 11 is 0. The van der Waals surface area contributed by atoms with E-state index in [1.807, 2.05) is 35.2 Å². The summed E-state index contributed by atoms with van der Waals surface area (Å²) < 4.78 is 0. The number of anilines is 2. The Kier molecular flexibility index (Phi) is 6.14. The highest BCUT2D eigenvalue weighted by molar-refractivity contribution is 5.93. The Morgan fingerprint density at radius 2 is 1.87 bits per heavy atom. The number of pyridine rings is 1. The molecule has 0 bridgehead atoms. The van der Waals surface area contributed by atoms with Gasteiger partial charge in [-0.3, -0.25) is 4.79 Å². The first kappa shape index (κ1) is 20.2. The molecule has 2 aromatic carbocycles. The van der Waals surface area contributed by atoms with Gasteiger partial charge in [-0.1, -0.05) is 48.0 Å². The maximum atomic E-state index is 12.7. The number of carbonyl (C=O) groups is 1. The SMILES string of the molecule is Cc1cccc(CC(=O)N2CCN(c3cc(NCCN)c4ccccc4n3)CC2)c1. The zero-order chi connectivity index (χ0) is 20.9. The van der Waals surface area contributed by atoms with Gasteiger partial charge in [-0.2, -0.15) is 0 Å². The van der Waals surface area contributed by atoms with Crippen LogP contribution in [0.1, 0.15) is 11.1 Å². The number of piperazine rings is 1. The van der Waals surface area contributed by atoms with Gasteiger partial charge in [0.05, 0.1) is 11.9 Å². The molecule has 1 amide bonds. The molecule has 0 atom stereocenters. The fourth-order valence-corrected chi connectivity index (χ4v) is 3.97. The third-order valence-corrected chi connectivity index (χ3v) is 5.56. The molecule has 2 heterocycles. The Hall–Kier alpha value is -3.12. The van der Waals surface area contributed by atoms with Crippen molar-refractivity contribution in [2.45, 2.75) is 13.3 Å². The second-order valence-corrected chi connectivity index (χ2v) is 7.79. The van der Waals surface area contributed by atoms with E-state index in [0.717, 1.165) is 41.1 Å². The van der Waals surface area contributed by atoms with Gasteiger partial charge in [-0.05, 0) is 18.6 Å². The number of carbonyl (C=O) groups excluding carboxylic acids is 1. The second-order valence-electron chi connectivity index (χ2n) is 7.79. The van der Waals surface area contributed by atoms with Crippen LogP contribution in [0.25, 0.3) is 10.9 Å². The van der Waals surface area contributed by atoms with Crippen LogP contribution >= 0.6 is 0 Å². The standard InChI is InChI=1S/C24H29N5O/c1-18-5-4-6-19(15-18)16-24(30)29-13-11-28(12-14-29)23-17-22(26-10-9-25)20-7-2-3-8-21(20)27-23/h2-8,15,17H,9-14,16,25H2,1H3,(H,26,27). The summed E-state index contributed by atoms with van der Waals surface area (Å²) in [6.07, 6.45) is 0.461. The van der Waals surface area contributed by atoms with Crippen molar-refractivity contribution in [1.29, 1.82) is 0 Å². The molecular formula is C24H29N5O. The van der Waals surface area contributed by atoms with Crippen molar-refractivity contribution >= 4 is 28.3 Å². The Morgan fingerprint density at radius 1 is 1.07 bits per heavy atom. The van der Waals surface area contributed by atoms with Crippen molar-refractivity contribution in [1.82, 2.24) is 9.88 Å². The molecule has 1 aliphatic heterocycles. The van der Waals surface area contributed by atoms with Crippen LogP contribution in [0.5, 0.6) is 0 Å². The van der Waals surface area contributed by atoms with Gasteiger partial charge < -0.3 is 20.9 Å². The fourth-order valence-electron chi connectivity index (χ4n) is 3.97. The van der Waals surface area contributed by atoms with Gasteiger partial charge >= 0.3 is 0 Å². The fraction of sp³-hybridized carbons (Fsp3) is 0.333. The number of hydrogen-bond donors (Lipinski definition) is 2. The van der Waals surface area contributed by atoms with E-state index in [-0.39, 0.29) is 5.91 Å². The molecule has 1 aromatic heterocycles. The lowest BCUT2D eigenvalue weighted by molar-refractivity contribution is -0.130. The van der Waals surface area contributed by atoms with E-state index in [4.69, 9.17) is 10.7 Å². The zero-order valence-electron chi connectivity index (χ0n) is 17.5. The predicted octanol–water partition coefficient (Wildman–Crippen LogP) is 2.81. The molecule has 0 unspecified atom stereocenters. The molecule has 30 heavy (non-hydrogen) atoms. The minimum absolute atomic E-state index is 0.192. The summed E-state index contributed by atoms with van der Waals surface area (Å²) in [4.78, 5) is 21.8. The number of benzene rings is 2. The monoisotopic (exact) mass is 403 g/mol. The van der Waals surface area contributed by atoms with Crippen molar-refractivity contribution in [3.8, 4) is 0 Å². The number of rotatable bonds is 6. The van der Waals surface area contributed by atoms with E-state index in [9.17, 15) is 4.79 Å². The maximum Gasteiger partial charge on any atom is 0.227 e. The normalized spacial score (nSPS) is 14.2. The largest absolute Gasteiger partial charge is 0.383 e. The summed E-state index contributed by atoms with van der Waals surface area (Å²) in [6.45, 7) is 6.33. The number of aromatic nitrogens is 1. The number of nitrogens with two attached hydrogens (primary N) is 1. The van der Waals surface area contributed by atoms with Gasteiger partial charge in [0.2, 0.25) is 5.91 Å². The summed E-state index contributed by atoms with van der Waals surface area (Å²) in [5, 5.41) is 4.52. The highest BCUT2D eigenvalue weighted by Gasteiger charge is 2.22. The molecule has 3 N–H and O–H groups in total. The highest BCUT2D eigenvalue weighted by Crippen LogP contribution is 2.27. The molecule has 1 fully saturated rings. The molecule has 6 heteroatoms. The maximum absolute atomic E-state index is 12.7. The molecule has 1 aliphatic rings. The van der Waals surface area contributed by atoms with E-state index < -0.39 is 0 Å². The Labute approximate surface area is 177 Å². The minimum atomic E-state index is 0.192. The molecule has 3 aromatic rings. The lowest BCUT2D eigenvalue weighted by Gasteiger charge is -2.35. The van der Waals surface area contributed by atoms with Gasteiger partial charge in [0.15, 0.2) is 0 Å². The summed E-state index contributed by atoms with van der Waals surface area (Å²) in [6, 6.07) is 18.4. The van der Waals surface area contributed by atoms with Crippen LogP contribution in [0.3, 0.4) is 0 Å². The number of hydrogen-bond acceptors (Lipinski definition) is 5. The van der Waals surface area contributed by atoms with Gasteiger partial charge in [0, 0.05) is 56.4 Å². The topological polar surface area (TPSA) is 74.5 Å². The van der Waals surface area contributed by atoms with Gasteiger partial charge in [0.25, 0.3) is 0 Å². The lowest BCUT2D eigenvalue weighted by atomic mass is 10.1. The van der Waals surface area contributed by atoms with Crippen LogP contribution in [0.2, 0.25) is 0 Å². The van der Waals surface area contributed by atoms with Gasteiger partial charge in [-0.15, -0.1) is 0 Å². The molecule has 0 spiro atoms. The molecule has 156 valence electrons. The third kappa shape index (κ3) is 4.54. The van der Waals surface area contributed by atoms with E-state index in [0.29, 0.717) is 32.6 Å². The molecular weight excluding hydrogens is 374 g/mol. The highest BCUT2D eigenvalue weighted by atomic mass is 16.2. The predicted molar refractivity (Wildman–Crippen MR) is 123 cm³/mol. The average molecular weight is 404 g/mol. The number of nitrogens with one attached hydrogen (secondary N) is 1. The smallest absolute Gasteiger partial charge is 0.227 e. The summed E-state index contributed by atoms with van der Waals surface area (Å²) in [7, 11) is 0. The third-order valence-electron chi connectivity index (χ3n) is 5.56. The first-order valence-corrected chi connectivity index (χ1v) is 10.6. The number of nitrogens with zero attached hydrogens (tertiary/aromatic N) is 3. The Balaban J connectivity index is 1.44. The second kappa shape index (κ2) is 9.13. The molecule has 4 rings (SSSR count). The quantitative estimate of drug-likeness (QED) is 0.662. The van der Waals surface area contributed by atoms with Crippen LogP contribution in [0.4, 0.5) is 11.5 Å². The van der Waals surface area contributed by atoms with E-state index in [1.165, 1.54) is 5.56 Å². The van der Waals surface area contributed by atoms with Gasteiger partial charge in [0.1, 0.15) is 5.82 Å². The van der Waals surface area contributed by atoms with Crippen molar-refractivity contribution in [2.24, 2.45) is 5.73 Å². The first-order chi connectivity index (χ1) is 14.6. The van der Waals surface area contributed by atoms with Crippen LogP contribution in [0.15, 0.2) is 54.6 Å². The molecule has 0 saturated carbocycles. The van der Waals surface area contributed by atoms with Crippen LogP contribution in [-0.2, 0) is 11.2 Å². The van der Waals surface area contributed by atoms with Crippen molar-refractivity contribution < 1.29 is 4.79 Å². The van der Waals surface area contributed by atoms with E-state index >= 15 is 0 Å². The molecule has 6 nitrogen and oxygen atoms in total. The first-order valence-electron chi connectivity index (χ1n) is 10.6. The van der Waals surface area contributed by atoms with E-state index in [2.05, 4.69) is 41.4 Å². The number of aryl methyl sites for hydroxylation is 1. The van der Waals surface area contributed by atoms with Crippen LogP contribution < -0.4 is 16.0 Å². The number of amides is 1. The number of fused-ring (bicyclic) bond motifs is 1. The van der Waals surface area contributed by atoms with Crippen molar-refractivity contribution in [2.75, 3.05) is 49.5 Å². The minimum Gasteiger partial charge on any atom is -0.383 e. The van der Waals surface area contributed by atoms with E-state index in [1.54, 1.807) is 0 Å². The Bertz CT molecular complexity index is 1030. The zero-order valence-corrected chi connectivity index (χ0v) is 17.5. The van der Waals surface area contributed by atoms with Gasteiger partial charge in [-0.25, -0.2) is 4.98 Å². The summed E-state index contributed by atoms with van der Waals surface area (Å²) in [5.74, 6) is 1.14. The van der Waals surface area contributed by atoms with Crippen molar-refractivity contribution in [3.05, 3.63) is 65.7 Å².